The van der Waals surface area contributed by atoms with E-state index in [9.17, 15) is 0 Å². The summed E-state index contributed by atoms with van der Waals surface area (Å²) in [6, 6.07) is 31.0. The molecular weight excluding hydrogens is 392 g/mol. The van der Waals surface area contributed by atoms with Crippen LogP contribution in [0.4, 0.5) is 0 Å². The van der Waals surface area contributed by atoms with Gasteiger partial charge in [-0.25, -0.2) is 0 Å². The van der Waals surface area contributed by atoms with Gasteiger partial charge in [0.1, 0.15) is 23.0 Å². The van der Waals surface area contributed by atoms with Crippen molar-refractivity contribution in [3.05, 3.63) is 119 Å². The molecule has 0 amide bonds. The molecule has 0 fully saturated rings. The Kier molecular flexibility index (Phi) is 6.05. The van der Waals surface area contributed by atoms with E-state index in [-0.39, 0.29) is 5.41 Å². The second kappa shape index (κ2) is 8.92. The molecule has 2 nitrogen and oxygen atoms in total. The minimum Gasteiger partial charge on any atom is -0.457 e. The van der Waals surface area contributed by atoms with Crippen LogP contribution in [0.2, 0.25) is 0 Å². The van der Waals surface area contributed by atoms with Crippen molar-refractivity contribution >= 4 is 0 Å². The van der Waals surface area contributed by atoms with Gasteiger partial charge in [0.2, 0.25) is 0 Å². The number of benzene rings is 4. The Hall–Kier alpha value is -3.52. The van der Waals surface area contributed by atoms with Crippen molar-refractivity contribution in [2.24, 2.45) is 0 Å². The monoisotopic (exact) mass is 422 g/mol. The standard InChI is InChI=1S/C30H30O2/c1-21-6-13-26(14-7-21)31-27-16-9-24(10-17-27)30(4,5)25-11-18-28(19-12-25)32-29-15-8-22(2)23(3)20-29/h6-20H,1-5H3. The van der Waals surface area contributed by atoms with Gasteiger partial charge in [0.05, 0.1) is 0 Å². The first-order valence-corrected chi connectivity index (χ1v) is 11.0. The largest absolute Gasteiger partial charge is 0.457 e. The molecule has 0 spiro atoms. The lowest BCUT2D eigenvalue weighted by Crippen LogP contribution is -2.18. The molecule has 0 aliphatic heterocycles. The third-order valence-electron chi connectivity index (χ3n) is 6.12. The van der Waals surface area contributed by atoms with Crippen molar-refractivity contribution in [2.75, 3.05) is 0 Å². The van der Waals surface area contributed by atoms with Crippen LogP contribution in [0.25, 0.3) is 0 Å². The molecule has 0 saturated heterocycles. The highest BCUT2D eigenvalue weighted by molar-refractivity contribution is 5.44. The van der Waals surface area contributed by atoms with E-state index in [2.05, 4.69) is 83.1 Å². The Morgan fingerprint density at radius 1 is 0.469 bits per heavy atom. The van der Waals surface area contributed by atoms with Crippen LogP contribution in [-0.4, -0.2) is 0 Å². The number of rotatable bonds is 6. The summed E-state index contributed by atoms with van der Waals surface area (Å²) in [5, 5.41) is 0. The smallest absolute Gasteiger partial charge is 0.127 e. The highest BCUT2D eigenvalue weighted by atomic mass is 16.5. The fourth-order valence-corrected chi connectivity index (χ4v) is 3.70. The minimum atomic E-state index is -0.138. The third-order valence-corrected chi connectivity index (χ3v) is 6.12. The number of hydrogen-bond donors (Lipinski definition) is 0. The van der Waals surface area contributed by atoms with E-state index in [1.807, 2.05) is 42.5 Å². The molecule has 4 aromatic carbocycles. The van der Waals surface area contributed by atoms with Crippen molar-refractivity contribution in [2.45, 2.75) is 40.0 Å². The molecule has 0 unspecified atom stereocenters. The van der Waals surface area contributed by atoms with Gasteiger partial charge in [-0.05, 0) is 91.6 Å². The molecule has 0 atom stereocenters. The van der Waals surface area contributed by atoms with Gasteiger partial charge in [0.25, 0.3) is 0 Å². The summed E-state index contributed by atoms with van der Waals surface area (Å²) >= 11 is 0. The molecule has 0 radical (unpaired) electrons. The quantitative estimate of drug-likeness (QED) is 0.310. The van der Waals surface area contributed by atoms with Gasteiger partial charge in [-0.3, -0.25) is 0 Å². The molecule has 0 bridgehead atoms. The predicted molar refractivity (Wildman–Crippen MR) is 132 cm³/mol. The number of ether oxygens (including phenoxy) is 2. The van der Waals surface area contributed by atoms with Crippen LogP contribution in [0.1, 0.15) is 41.7 Å². The fourth-order valence-electron chi connectivity index (χ4n) is 3.70. The van der Waals surface area contributed by atoms with Crippen molar-refractivity contribution < 1.29 is 9.47 Å². The first-order chi connectivity index (χ1) is 15.3. The van der Waals surface area contributed by atoms with Crippen LogP contribution in [0.15, 0.2) is 91.0 Å². The molecule has 4 aromatic rings. The van der Waals surface area contributed by atoms with Crippen LogP contribution < -0.4 is 9.47 Å². The Morgan fingerprint density at radius 2 is 0.875 bits per heavy atom. The van der Waals surface area contributed by atoms with Gasteiger partial charge < -0.3 is 9.47 Å². The lowest BCUT2D eigenvalue weighted by molar-refractivity contribution is 0.481. The summed E-state index contributed by atoms with van der Waals surface area (Å²) in [6.45, 7) is 10.8. The van der Waals surface area contributed by atoms with Gasteiger partial charge in [-0.1, -0.05) is 61.9 Å². The van der Waals surface area contributed by atoms with Crippen molar-refractivity contribution in [1.29, 1.82) is 0 Å². The van der Waals surface area contributed by atoms with Crippen molar-refractivity contribution in [3.8, 4) is 23.0 Å². The highest BCUT2D eigenvalue weighted by Gasteiger charge is 2.23. The van der Waals surface area contributed by atoms with Gasteiger partial charge >= 0.3 is 0 Å². The van der Waals surface area contributed by atoms with E-state index in [4.69, 9.17) is 9.47 Å². The third kappa shape index (κ3) is 4.86. The summed E-state index contributed by atoms with van der Waals surface area (Å²) in [5.74, 6) is 3.39. The summed E-state index contributed by atoms with van der Waals surface area (Å²) in [5.41, 5.74) is 6.05. The fraction of sp³-hybridized carbons (Fsp3) is 0.200. The average molecular weight is 423 g/mol. The Balaban J connectivity index is 1.47. The first kappa shape index (κ1) is 21.7. The Bertz CT molecular complexity index is 1190. The Labute approximate surface area is 191 Å². The number of hydrogen-bond acceptors (Lipinski definition) is 2. The van der Waals surface area contributed by atoms with Crippen LogP contribution in [0, 0.1) is 20.8 Å². The van der Waals surface area contributed by atoms with Gasteiger partial charge in [-0.2, -0.15) is 0 Å². The van der Waals surface area contributed by atoms with Crippen molar-refractivity contribution in [3.63, 3.8) is 0 Å². The predicted octanol–water partition coefficient (Wildman–Crippen LogP) is 8.52. The second-order valence-electron chi connectivity index (χ2n) is 8.94. The average Bonchev–Trinajstić information content (AvgIpc) is 2.79. The highest BCUT2D eigenvalue weighted by Crippen LogP contribution is 2.34. The first-order valence-electron chi connectivity index (χ1n) is 11.0. The summed E-state index contributed by atoms with van der Waals surface area (Å²) in [6.07, 6.45) is 0. The SMILES string of the molecule is Cc1ccc(Oc2ccc(C(C)(C)c3ccc(Oc4ccc(C)c(C)c4)cc3)cc2)cc1. The van der Waals surface area contributed by atoms with E-state index in [0.717, 1.165) is 23.0 Å². The molecule has 32 heavy (non-hydrogen) atoms. The normalized spacial score (nSPS) is 11.3. The molecule has 0 aliphatic carbocycles. The lowest BCUT2D eigenvalue weighted by atomic mass is 9.78. The van der Waals surface area contributed by atoms with E-state index >= 15 is 0 Å². The Morgan fingerprint density at radius 3 is 1.34 bits per heavy atom. The van der Waals surface area contributed by atoms with Crippen LogP contribution in [0.3, 0.4) is 0 Å². The molecule has 0 aliphatic rings. The minimum absolute atomic E-state index is 0.138. The molecule has 2 heteroatoms. The molecule has 0 aromatic heterocycles. The summed E-state index contributed by atoms with van der Waals surface area (Å²) in [4.78, 5) is 0. The molecule has 0 heterocycles. The van der Waals surface area contributed by atoms with Crippen LogP contribution >= 0.6 is 0 Å². The number of aryl methyl sites for hydroxylation is 3. The zero-order chi connectivity index (χ0) is 22.7. The molecular formula is C30H30O2. The molecule has 162 valence electrons. The van der Waals surface area contributed by atoms with Gasteiger partial charge in [0, 0.05) is 5.41 Å². The lowest BCUT2D eigenvalue weighted by Gasteiger charge is -2.26. The van der Waals surface area contributed by atoms with E-state index in [0.29, 0.717) is 0 Å². The van der Waals surface area contributed by atoms with E-state index < -0.39 is 0 Å². The topological polar surface area (TPSA) is 18.5 Å². The zero-order valence-corrected chi connectivity index (χ0v) is 19.5. The zero-order valence-electron chi connectivity index (χ0n) is 19.5. The van der Waals surface area contributed by atoms with Crippen LogP contribution in [-0.2, 0) is 5.41 Å². The van der Waals surface area contributed by atoms with E-state index in [1.165, 1.54) is 27.8 Å². The van der Waals surface area contributed by atoms with Crippen LogP contribution in [0.5, 0.6) is 23.0 Å². The van der Waals surface area contributed by atoms with E-state index in [1.54, 1.807) is 0 Å². The molecule has 0 saturated carbocycles. The van der Waals surface area contributed by atoms with Gasteiger partial charge in [-0.15, -0.1) is 0 Å². The van der Waals surface area contributed by atoms with Crippen molar-refractivity contribution in [1.82, 2.24) is 0 Å². The second-order valence-corrected chi connectivity index (χ2v) is 8.94. The van der Waals surface area contributed by atoms with Gasteiger partial charge in [0.15, 0.2) is 0 Å². The molecule has 4 rings (SSSR count). The maximum absolute atomic E-state index is 6.05. The molecule has 0 N–H and O–H groups in total. The summed E-state index contributed by atoms with van der Waals surface area (Å²) in [7, 11) is 0. The maximum Gasteiger partial charge on any atom is 0.127 e. The maximum atomic E-state index is 6.05. The summed E-state index contributed by atoms with van der Waals surface area (Å²) < 4.78 is 12.0.